The summed E-state index contributed by atoms with van der Waals surface area (Å²) in [6.07, 6.45) is 0. The van der Waals surface area contributed by atoms with Crippen LogP contribution in [-0.4, -0.2) is 26.5 Å². The average molecular weight is 499 g/mol. The number of hydrogen-bond donors (Lipinski definition) is 1. The molecule has 4 rings (SSSR count). The van der Waals surface area contributed by atoms with E-state index in [1.165, 1.54) is 21.9 Å². The van der Waals surface area contributed by atoms with Gasteiger partial charge in [0.1, 0.15) is 11.6 Å². The third-order valence-corrected chi connectivity index (χ3v) is 5.76. The molecule has 0 saturated heterocycles. The number of nitrogens with one attached hydrogen (secondary N) is 1. The van der Waals surface area contributed by atoms with E-state index in [2.05, 4.69) is 31.3 Å². The number of anilines is 1. The van der Waals surface area contributed by atoms with E-state index in [1.807, 2.05) is 6.07 Å². The number of aromatic nitrogens is 3. The Balaban J connectivity index is 1.40. The number of esters is 1. The van der Waals surface area contributed by atoms with E-state index in [9.17, 15) is 14.4 Å². The molecule has 0 aliphatic heterocycles. The van der Waals surface area contributed by atoms with Crippen molar-refractivity contribution in [1.82, 2.24) is 14.6 Å². The number of halogens is 1. The number of ether oxygens (including phenoxy) is 1. The number of rotatable bonds is 5. The molecule has 0 unspecified atom stereocenters. The number of hydrogen-bond acceptors (Lipinski definition) is 7. The zero-order chi connectivity index (χ0) is 22.0. The minimum absolute atomic E-state index is 0.137. The van der Waals surface area contributed by atoms with E-state index in [1.54, 1.807) is 49.4 Å². The van der Waals surface area contributed by atoms with Crippen LogP contribution in [0.15, 0.2) is 63.9 Å². The van der Waals surface area contributed by atoms with Crippen LogP contribution in [-0.2, 0) is 11.3 Å². The van der Waals surface area contributed by atoms with Gasteiger partial charge in [0.2, 0.25) is 4.96 Å². The second-order valence-electron chi connectivity index (χ2n) is 6.49. The van der Waals surface area contributed by atoms with Crippen molar-refractivity contribution in [3.8, 4) is 0 Å². The molecule has 1 amide bonds. The molecular weight excluding hydrogens is 484 g/mol. The third kappa shape index (κ3) is 4.70. The Morgan fingerprint density at radius 2 is 1.90 bits per heavy atom. The monoisotopic (exact) mass is 498 g/mol. The number of carbonyl (C=O) groups excluding carboxylic acids is 2. The zero-order valence-corrected chi connectivity index (χ0v) is 18.6. The van der Waals surface area contributed by atoms with E-state index < -0.39 is 5.97 Å². The highest BCUT2D eigenvalue weighted by molar-refractivity contribution is 9.10. The zero-order valence-electron chi connectivity index (χ0n) is 16.2. The summed E-state index contributed by atoms with van der Waals surface area (Å²) in [5.74, 6) is -0.833. The smallest absolute Gasteiger partial charge is 0.338 e. The Labute approximate surface area is 188 Å². The first-order valence-corrected chi connectivity index (χ1v) is 10.7. The van der Waals surface area contributed by atoms with Gasteiger partial charge in [0, 0.05) is 16.2 Å². The van der Waals surface area contributed by atoms with Crippen LogP contribution in [0, 0.1) is 6.92 Å². The van der Waals surface area contributed by atoms with E-state index in [0.717, 1.165) is 0 Å². The van der Waals surface area contributed by atoms with Gasteiger partial charge in [-0.25, -0.2) is 9.78 Å². The number of benzene rings is 2. The molecule has 4 aromatic rings. The van der Waals surface area contributed by atoms with Gasteiger partial charge in [-0.05, 0) is 59.3 Å². The maximum atomic E-state index is 12.4. The van der Waals surface area contributed by atoms with Gasteiger partial charge in [0.25, 0.3) is 11.5 Å². The SMILES string of the molecule is Cc1nn2c(=O)cc(COC(=O)c3ccc(NC(=O)c4ccccc4Br)cc3)nc2s1. The molecule has 2 aromatic carbocycles. The molecule has 0 radical (unpaired) electrons. The predicted octanol–water partition coefficient (Wildman–Crippen LogP) is 3.83. The van der Waals surface area contributed by atoms with Crippen molar-refractivity contribution in [2.24, 2.45) is 0 Å². The molecule has 0 saturated carbocycles. The molecule has 2 aromatic heterocycles. The van der Waals surface area contributed by atoms with Crippen LogP contribution in [0.3, 0.4) is 0 Å². The molecule has 156 valence electrons. The number of fused-ring (bicyclic) bond motifs is 1. The van der Waals surface area contributed by atoms with E-state index in [0.29, 0.717) is 36.9 Å². The van der Waals surface area contributed by atoms with E-state index in [-0.39, 0.29) is 18.1 Å². The Morgan fingerprint density at radius 3 is 2.65 bits per heavy atom. The van der Waals surface area contributed by atoms with Crippen molar-refractivity contribution in [3.63, 3.8) is 0 Å². The van der Waals surface area contributed by atoms with Crippen molar-refractivity contribution in [2.75, 3.05) is 5.32 Å². The van der Waals surface area contributed by atoms with E-state index in [4.69, 9.17) is 4.74 Å². The molecule has 0 aliphatic rings. The van der Waals surface area contributed by atoms with Crippen molar-refractivity contribution < 1.29 is 14.3 Å². The number of carbonyl (C=O) groups is 2. The highest BCUT2D eigenvalue weighted by Gasteiger charge is 2.13. The molecule has 0 fully saturated rings. The lowest BCUT2D eigenvalue weighted by Crippen LogP contribution is -2.16. The van der Waals surface area contributed by atoms with Crippen LogP contribution in [0.2, 0.25) is 0 Å². The molecule has 10 heteroatoms. The van der Waals surface area contributed by atoms with Gasteiger partial charge in [-0.15, -0.1) is 0 Å². The second kappa shape index (κ2) is 8.78. The van der Waals surface area contributed by atoms with Crippen molar-refractivity contribution >= 4 is 49.8 Å². The lowest BCUT2D eigenvalue weighted by Gasteiger charge is -2.08. The Hall–Kier alpha value is -3.37. The summed E-state index contributed by atoms with van der Waals surface area (Å²) < 4.78 is 7.17. The van der Waals surface area contributed by atoms with Gasteiger partial charge in [0.15, 0.2) is 0 Å². The highest BCUT2D eigenvalue weighted by atomic mass is 79.9. The fourth-order valence-corrected chi connectivity index (χ4v) is 4.01. The Kier molecular flexibility index (Phi) is 5.92. The summed E-state index contributed by atoms with van der Waals surface area (Å²) in [5.41, 5.74) is 1.37. The molecule has 0 aliphatic carbocycles. The average Bonchev–Trinajstić information content (AvgIpc) is 3.13. The highest BCUT2D eigenvalue weighted by Crippen LogP contribution is 2.18. The fourth-order valence-electron chi connectivity index (χ4n) is 2.78. The maximum Gasteiger partial charge on any atom is 0.338 e. The van der Waals surface area contributed by atoms with Gasteiger partial charge in [0.05, 0.1) is 16.8 Å². The summed E-state index contributed by atoms with van der Waals surface area (Å²) in [6, 6.07) is 14.7. The first-order valence-electron chi connectivity index (χ1n) is 9.10. The minimum atomic E-state index is -0.564. The first-order chi connectivity index (χ1) is 14.9. The molecule has 0 spiro atoms. The van der Waals surface area contributed by atoms with Crippen LogP contribution >= 0.6 is 27.3 Å². The molecule has 8 nitrogen and oxygen atoms in total. The fraction of sp³-hybridized carbons (Fsp3) is 0.0952. The molecule has 0 bridgehead atoms. The van der Waals surface area contributed by atoms with E-state index >= 15 is 0 Å². The lowest BCUT2D eigenvalue weighted by molar-refractivity contribution is 0.0467. The molecule has 31 heavy (non-hydrogen) atoms. The Morgan fingerprint density at radius 1 is 1.16 bits per heavy atom. The quantitative estimate of drug-likeness (QED) is 0.419. The van der Waals surface area contributed by atoms with Crippen LogP contribution < -0.4 is 10.9 Å². The maximum absolute atomic E-state index is 12.4. The van der Waals surface area contributed by atoms with Gasteiger partial charge < -0.3 is 10.1 Å². The van der Waals surface area contributed by atoms with Crippen LogP contribution in [0.5, 0.6) is 0 Å². The topological polar surface area (TPSA) is 103 Å². The first kappa shape index (κ1) is 20.9. The van der Waals surface area contributed by atoms with Crippen molar-refractivity contribution in [1.29, 1.82) is 0 Å². The Bertz CT molecular complexity index is 1350. The summed E-state index contributed by atoms with van der Waals surface area (Å²) in [5, 5.41) is 7.56. The van der Waals surface area contributed by atoms with Gasteiger partial charge in [-0.2, -0.15) is 9.61 Å². The number of amides is 1. The molecule has 0 atom stereocenters. The van der Waals surface area contributed by atoms with Gasteiger partial charge in [-0.3, -0.25) is 9.59 Å². The van der Waals surface area contributed by atoms with Crippen molar-refractivity contribution in [3.05, 3.63) is 91.3 Å². The van der Waals surface area contributed by atoms with Crippen LogP contribution in [0.1, 0.15) is 31.4 Å². The summed E-state index contributed by atoms with van der Waals surface area (Å²) >= 11 is 4.62. The lowest BCUT2D eigenvalue weighted by atomic mass is 10.2. The summed E-state index contributed by atoms with van der Waals surface area (Å²) in [4.78, 5) is 41.5. The predicted molar refractivity (Wildman–Crippen MR) is 120 cm³/mol. The largest absolute Gasteiger partial charge is 0.456 e. The van der Waals surface area contributed by atoms with Gasteiger partial charge in [-0.1, -0.05) is 23.5 Å². The second-order valence-corrected chi connectivity index (χ2v) is 8.50. The number of nitrogens with zero attached hydrogens (tertiary/aromatic N) is 3. The molecular formula is C21H15BrN4O4S. The number of aryl methyl sites for hydroxylation is 1. The minimum Gasteiger partial charge on any atom is -0.456 e. The normalized spacial score (nSPS) is 10.8. The molecule has 2 heterocycles. The van der Waals surface area contributed by atoms with Crippen LogP contribution in [0.25, 0.3) is 4.96 Å². The summed E-state index contributed by atoms with van der Waals surface area (Å²) in [7, 11) is 0. The van der Waals surface area contributed by atoms with Crippen LogP contribution in [0.4, 0.5) is 5.69 Å². The van der Waals surface area contributed by atoms with Gasteiger partial charge >= 0.3 is 5.97 Å². The summed E-state index contributed by atoms with van der Waals surface area (Å²) in [6.45, 7) is 1.64. The molecule has 1 N–H and O–H groups in total. The van der Waals surface area contributed by atoms with Crippen molar-refractivity contribution in [2.45, 2.75) is 13.5 Å². The standard InChI is InChI=1S/C21H15BrN4O4S/c1-12-25-26-18(27)10-15(24-21(26)31-12)11-30-20(29)13-6-8-14(9-7-13)23-19(28)16-4-2-3-5-17(16)22/h2-10H,11H2,1H3,(H,23,28). The third-order valence-electron chi connectivity index (χ3n) is 4.25.